The summed E-state index contributed by atoms with van der Waals surface area (Å²) < 4.78 is 46.2. The molecule has 0 saturated carbocycles. The molecule has 10 heteroatoms. The summed E-state index contributed by atoms with van der Waals surface area (Å²) in [6, 6.07) is 16.9. The Labute approximate surface area is 203 Å². The van der Waals surface area contributed by atoms with Crippen molar-refractivity contribution < 1.29 is 27.6 Å². The molecule has 1 N–H and O–H groups in total. The summed E-state index contributed by atoms with van der Waals surface area (Å²) in [5, 5.41) is 22.0. The van der Waals surface area contributed by atoms with E-state index >= 15 is 0 Å². The Balaban J connectivity index is 1.81. The summed E-state index contributed by atoms with van der Waals surface area (Å²) in [6.07, 6.45) is -4.62. The number of phenols is 1. The molecule has 0 aliphatic rings. The minimum atomic E-state index is -4.62. The Morgan fingerprint density at radius 2 is 1.67 bits per heavy atom. The van der Waals surface area contributed by atoms with E-state index in [1.165, 1.54) is 36.4 Å². The monoisotopic (exact) mass is 498 g/mol. The van der Waals surface area contributed by atoms with Crippen LogP contribution in [0.5, 0.6) is 5.75 Å². The molecule has 0 bridgehead atoms. The number of aryl methyl sites for hydroxylation is 1. The lowest BCUT2D eigenvalue weighted by molar-refractivity contribution is -0.385. The Bertz CT molecular complexity index is 1480. The molecule has 0 spiro atoms. The maximum absolute atomic E-state index is 13.4. The van der Waals surface area contributed by atoms with Crippen LogP contribution in [-0.2, 0) is 13.1 Å². The van der Waals surface area contributed by atoms with Crippen LogP contribution in [-0.4, -0.2) is 27.7 Å². The minimum Gasteiger partial charge on any atom is -0.507 e. The quantitative estimate of drug-likeness (QED) is 0.250. The van der Waals surface area contributed by atoms with E-state index in [0.717, 1.165) is 4.90 Å². The molecule has 186 valence electrons. The van der Waals surface area contributed by atoms with Crippen LogP contribution in [0.3, 0.4) is 0 Å². The zero-order valence-electron chi connectivity index (χ0n) is 19.1. The lowest BCUT2D eigenvalue weighted by Gasteiger charge is -2.24. The van der Waals surface area contributed by atoms with Gasteiger partial charge in [0.15, 0.2) is 0 Å². The standard InChI is InChI=1S/C26H21F3N2O5/c1-16-23(17-7-3-2-4-8-17)24(33)19-11-12-22(32)20(25(19)36-16)14-30(15-26(27,28)29)13-18-9-5-6-10-21(18)31(34)35/h2-12,32H,13-15H2,1H3. The average Bonchev–Trinajstić information content (AvgIpc) is 2.81. The number of nitro benzene ring substituents is 1. The van der Waals surface area contributed by atoms with Gasteiger partial charge in [0.2, 0.25) is 5.43 Å². The number of halogens is 3. The summed E-state index contributed by atoms with van der Waals surface area (Å²) in [6.45, 7) is -0.725. The topological polar surface area (TPSA) is 96.8 Å². The van der Waals surface area contributed by atoms with Gasteiger partial charge in [-0.05, 0) is 24.6 Å². The zero-order chi connectivity index (χ0) is 26.0. The fraction of sp³-hybridized carbons (Fsp3) is 0.192. The molecule has 0 fully saturated rings. The van der Waals surface area contributed by atoms with Gasteiger partial charge in [-0.1, -0.05) is 48.5 Å². The van der Waals surface area contributed by atoms with Crippen molar-refractivity contribution in [2.24, 2.45) is 0 Å². The van der Waals surface area contributed by atoms with Gasteiger partial charge in [-0.25, -0.2) is 0 Å². The summed E-state index contributed by atoms with van der Waals surface area (Å²) in [7, 11) is 0. The van der Waals surface area contributed by atoms with E-state index in [2.05, 4.69) is 0 Å². The van der Waals surface area contributed by atoms with Gasteiger partial charge in [0, 0.05) is 24.7 Å². The molecular formula is C26H21F3N2O5. The molecule has 7 nitrogen and oxygen atoms in total. The number of nitrogens with zero attached hydrogens (tertiary/aromatic N) is 2. The van der Waals surface area contributed by atoms with Crippen LogP contribution >= 0.6 is 0 Å². The summed E-state index contributed by atoms with van der Waals surface area (Å²) in [5.74, 6) is -0.112. The van der Waals surface area contributed by atoms with E-state index in [9.17, 15) is 33.2 Å². The van der Waals surface area contributed by atoms with E-state index in [-0.39, 0.29) is 44.7 Å². The van der Waals surface area contributed by atoms with Crippen LogP contribution in [0.25, 0.3) is 22.1 Å². The first-order valence-electron chi connectivity index (χ1n) is 10.9. The molecule has 0 aliphatic heterocycles. The highest BCUT2D eigenvalue weighted by Crippen LogP contribution is 2.33. The van der Waals surface area contributed by atoms with Crippen LogP contribution in [0.15, 0.2) is 75.9 Å². The predicted molar refractivity (Wildman–Crippen MR) is 128 cm³/mol. The van der Waals surface area contributed by atoms with E-state index in [1.54, 1.807) is 37.3 Å². The van der Waals surface area contributed by atoms with Crippen molar-refractivity contribution in [1.29, 1.82) is 0 Å². The Morgan fingerprint density at radius 1 is 1.00 bits per heavy atom. The van der Waals surface area contributed by atoms with Crippen molar-refractivity contribution in [3.05, 3.63) is 104 Å². The van der Waals surface area contributed by atoms with E-state index < -0.39 is 30.7 Å². The average molecular weight is 498 g/mol. The molecule has 4 rings (SSSR count). The Morgan fingerprint density at radius 3 is 2.33 bits per heavy atom. The van der Waals surface area contributed by atoms with Crippen LogP contribution in [0.2, 0.25) is 0 Å². The lowest BCUT2D eigenvalue weighted by atomic mass is 10.0. The number of para-hydroxylation sites is 1. The number of benzene rings is 3. The van der Waals surface area contributed by atoms with Gasteiger partial charge < -0.3 is 9.52 Å². The number of hydrogen-bond acceptors (Lipinski definition) is 6. The van der Waals surface area contributed by atoms with Gasteiger partial charge in [-0.15, -0.1) is 0 Å². The zero-order valence-corrected chi connectivity index (χ0v) is 19.1. The molecule has 0 aliphatic carbocycles. The maximum atomic E-state index is 13.4. The third-order valence-corrected chi connectivity index (χ3v) is 5.74. The van der Waals surface area contributed by atoms with Crippen molar-refractivity contribution in [2.75, 3.05) is 6.54 Å². The summed E-state index contributed by atoms with van der Waals surface area (Å²) >= 11 is 0. The third kappa shape index (κ3) is 5.23. The van der Waals surface area contributed by atoms with E-state index in [0.29, 0.717) is 11.1 Å². The van der Waals surface area contributed by atoms with Crippen molar-refractivity contribution in [3.63, 3.8) is 0 Å². The first-order chi connectivity index (χ1) is 17.0. The largest absolute Gasteiger partial charge is 0.507 e. The second-order valence-corrected chi connectivity index (χ2v) is 8.31. The molecule has 0 amide bonds. The number of hydrogen-bond donors (Lipinski definition) is 1. The second-order valence-electron chi connectivity index (χ2n) is 8.31. The predicted octanol–water partition coefficient (Wildman–Crippen LogP) is 5.95. The molecule has 0 radical (unpaired) electrons. The summed E-state index contributed by atoms with van der Waals surface area (Å²) in [5.41, 5.74) is 0.253. The highest BCUT2D eigenvalue weighted by molar-refractivity contribution is 5.86. The smallest absolute Gasteiger partial charge is 0.401 e. The maximum Gasteiger partial charge on any atom is 0.401 e. The van der Waals surface area contributed by atoms with Crippen LogP contribution < -0.4 is 5.43 Å². The molecule has 1 heterocycles. The van der Waals surface area contributed by atoms with Crippen molar-refractivity contribution in [1.82, 2.24) is 4.90 Å². The molecule has 0 atom stereocenters. The molecule has 0 unspecified atom stereocenters. The number of phenolic OH excluding ortho intramolecular Hbond substituents is 1. The number of rotatable bonds is 7. The van der Waals surface area contributed by atoms with Crippen LogP contribution in [0.4, 0.5) is 18.9 Å². The molecule has 1 aromatic heterocycles. The number of nitro groups is 1. The second kappa shape index (κ2) is 9.82. The molecule has 36 heavy (non-hydrogen) atoms. The van der Waals surface area contributed by atoms with E-state index in [4.69, 9.17) is 4.42 Å². The van der Waals surface area contributed by atoms with Gasteiger partial charge >= 0.3 is 6.18 Å². The Hall–Kier alpha value is -4.18. The lowest BCUT2D eigenvalue weighted by Crippen LogP contribution is -2.33. The van der Waals surface area contributed by atoms with Crippen LogP contribution in [0, 0.1) is 17.0 Å². The minimum absolute atomic E-state index is 0.0184. The number of fused-ring (bicyclic) bond motifs is 1. The van der Waals surface area contributed by atoms with Gasteiger partial charge in [0.1, 0.15) is 17.1 Å². The first kappa shape index (κ1) is 24.9. The van der Waals surface area contributed by atoms with E-state index in [1.807, 2.05) is 0 Å². The van der Waals surface area contributed by atoms with Gasteiger partial charge in [0.05, 0.1) is 28.0 Å². The molecular weight excluding hydrogens is 477 g/mol. The molecule has 3 aromatic carbocycles. The van der Waals surface area contributed by atoms with Gasteiger partial charge in [-0.2, -0.15) is 13.2 Å². The van der Waals surface area contributed by atoms with Crippen molar-refractivity contribution in [2.45, 2.75) is 26.2 Å². The highest BCUT2D eigenvalue weighted by Gasteiger charge is 2.32. The SMILES string of the molecule is Cc1oc2c(CN(Cc3ccccc3[N+](=O)[O-])CC(F)(F)F)c(O)ccc2c(=O)c1-c1ccccc1. The van der Waals surface area contributed by atoms with Crippen molar-refractivity contribution >= 4 is 16.7 Å². The van der Waals surface area contributed by atoms with Gasteiger partial charge in [0.25, 0.3) is 5.69 Å². The van der Waals surface area contributed by atoms with Crippen molar-refractivity contribution in [3.8, 4) is 16.9 Å². The fourth-order valence-corrected chi connectivity index (χ4v) is 4.21. The summed E-state index contributed by atoms with van der Waals surface area (Å²) in [4.78, 5) is 25.0. The fourth-order valence-electron chi connectivity index (χ4n) is 4.21. The number of alkyl halides is 3. The van der Waals surface area contributed by atoms with Gasteiger partial charge in [-0.3, -0.25) is 19.8 Å². The Kier molecular flexibility index (Phi) is 6.80. The van der Waals surface area contributed by atoms with Crippen LogP contribution in [0.1, 0.15) is 16.9 Å². The molecule has 4 aromatic rings. The first-order valence-corrected chi connectivity index (χ1v) is 10.9. The number of aromatic hydroxyl groups is 1. The molecule has 0 saturated heterocycles. The highest BCUT2D eigenvalue weighted by atomic mass is 19.4. The third-order valence-electron chi connectivity index (χ3n) is 5.74. The normalized spacial score (nSPS) is 11.8.